The SMILES string of the molecule is CCCCNC(=O)[C@H](CC)N(Cc1ccc(C)cc1)C(=O)CN(c1ccc(I)cc1)S(C)(=O)=O. The number of carbonyl (C=O) groups excluding carboxylic acids is 2. The predicted octanol–water partition coefficient (Wildman–Crippen LogP) is 4.09. The van der Waals surface area contributed by atoms with Gasteiger partial charge >= 0.3 is 0 Å². The zero-order chi connectivity index (χ0) is 25.3. The number of sulfonamides is 1. The number of aryl methyl sites for hydroxylation is 1. The summed E-state index contributed by atoms with van der Waals surface area (Å²) in [6.45, 7) is 6.24. The van der Waals surface area contributed by atoms with E-state index in [9.17, 15) is 18.0 Å². The maximum Gasteiger partial charge on any atom is 0.244 e. The fourth-order valence-corrected chi connectivity index (χ4v) is 4.75. The van der Waals surface area contributed by atoms with Crippen LogP contribution >= 0.6 is 22.6 Å². The molecule has 0 aliphatic rings. The van der Waals surface area contributed by atoms with Crippen molar-refractivity contribution >= 4 is 50.1 Å². The minimum absolute atomic E-state index is 0.211. The third-order valence-corrected chi connectivity index (χ3v) is 7.34. The molecule has 0 aliphatic heterocycles. The van der Waals surface area contributed by atoms with E-state index in [0.717, 1.165) is 38.1 Å². The van der Waals surface area contributed by atoms with Crippen molar-refractivity contribution in [1.29, 1.82) is 0 Å². The summed E-state index contributed by atoms with van der Waals surface area (Å²) in [6, 6.07) is 14.0. The molecule has 0 spiro atoms. The Kier molecular flexibility index (Phi) is 10.8. The minimum Gasteiger partial charge on any atom is -0.354 e. The maximum atomic E-state index is 13.6. The van der Waals surface area contributed by atoms with Gasteiger partial charge in [0.05, 0.1) is 11.9 Å². The Morgan fingerprint density at radius 2 is 1.65 bits per heavy atom. The van der Waals surface area contributed by atoms with Crippen molar-refractivity contribution in [3.05, 3.63) is 63.2 Å². The van der Waals surface area contributed by atoms with Crippen molar-refractivity contribution in [2.45, 2.75) is 52.6 Å². The van der Waals surface area contributed by atoms with Gasteiger partial charge in [0.25, 0.3) is 0 Å². The number of unbranched alkanes of at least 4 members (excludes halogenated alkanes) is 1. The van der Waals surface area contributed by atoms with Gasteiger partial charge in [0, 0.05) is 16.7 Å². The molecule has 0 saturated carbocycles. The lowest BCUT2D eigenvalue weighted by molar-refractivity contribution is -0.140. The number of rotatable bonds is 12. The second-order valence-corrected chi connectivity index (χ2v) is 11.5. The van der Waals surface area contributed by atoms with Crippen LogP contribution in [0.25, 0.3) is 0 Å². The molecule has 34 heavy (non-hydrogen) atoms. The summed E-state index contributed by atoms with van der Waals surface area (Å²) in [5.41, 5.74) is 2.37. The fourth-order valence-electron chi connectivity index (χ4n) is 3.54. The molecule has 2 aromatic carbocycles. The van der Waals surface area contributed by atoms with E-state index in [4.69, 9.17) is 0 Å². The van der Waals surface area contributed by atoms with Crippen LogP contribution in [0, 0.1) is 10.5 Å². The molecular weight excluding hydrogens is 565 g/mol. The molecule has 2 amide bonds. The second kappa shape index (κ2) is 13.1. The summed E-state index contributed by atoms with van der Waals surface area (Å²) in [5, 5.41) is 2.92. The summed E-state index contributed by atoms with van der Waals surface area (Å²) >= 11 is 2.14. The summed E-state index contributed by atoms with van der Waals surface area (Å²) in [7, 11) is -3.73. The van der Waals surface area contributed by atoms with Gasteiger partial charge in [0.2, 0.25) is 21.8 Å². The van der Waals surface area contributed by atoms with Crippen molar-refractivity contribution in [1.82, 2.24) is 10.2 Å². The number of carbonyl (C=O) groups is 2. The number of anilines is 1. The maximum absolute atomic E-state index is 13.6. The Morgan fingerprint density at radius 1 is 1.03 bits per heavy atom. The van der Waals surface area contributed by atoms with E-state index in [-0.39, 0.29) is 19.0 Å². The molecule has 0 heterocycles. The van der Waals surface area contributed by atoms with Crippen molar-refractivity contribution in [2.75, 3.05) is 23.7 Å². The lowest BCUT2D eigenvalue weighted by Crippen LogP contribution is -2.52. The molecule has 186 valence electrons. The van der Waals surface area contributed by atoms with E-state index in [1.807, 2.05) is 45.0 Å². The number of halogens is 1. The van der Waals surface area contributed by atoms with Gasteiger partial charge in [-0.15, -0.1) is 0 Å². The Morgan fingerprint density at radius 3 is 2.18 bits per heavy atom. The molecule has 7 nitrogen and oxygen atoms in total. The first-order valence-corrected chi connectivity index (χ1v) is 14.4. The lowest BCUT2D eigenvalue weighted by Gasteiger charge is -2.33. The van der Waals surface area contributed by atoms with Crippen LogP contribution in [-0.4, -0.2) is 50.5 Å². The van der Waals surface area contributed by atoms with Crippen LogP contribution in [0.4, 0.5) is 5.69 Å². The average Bonchev–Trinajstić information content (AvgIpc) is 2.78. The van der Waals surface area contributed by atoms with Gasteiger partial charge in [-0.2, -0.15) is 0 Å². The summed E-state index contributed by atoms with van der Waals surface area (Å²) in [6.07, 6.45) is 3.29. The molecular formula is C25H34IN3O4S. The number of benzene rings is 2. The Hall–Kier alpha value is -2.14. The van der Waals surface area contributed by atoms with Gasteiger partial charge < -0.3 is 10.2 Å². The van der Waals surface area contributed by atoms with Gasteiger partial charge in [-0.05, 0) is 72.2 Å². The lowest BCUT2D eigenvalue weighted by atomic mass is 10.1. The van der Waals surface area contributed by atoms with Gasteiger partial charge in [-0.25, -0.2) is 8.42 Å². The number of nitrogens with zero attached hydrogens (tertiary/aromatic N) is 2. The van der Waals surface area contributed by atoms with Crippen LogP contribution in [-0.2, 0) is 26.2 Å². The molecule has 0 fully saturated rings. The van der Waals surface area contributed by atoms with Crippen molar-refractivity contribution in [3.8, 4) is 0 Å². The zero-order valence-corrected chi connectivity index (χ0v) is 23.2. The molecule has 2 rings (SSSR count). The van der Waals surface area contributed by atoms with E-state index < -0.39 is 22.0 Å². The highest BCUT2D eigenvalue weighted by atomic mass is 127. The quantitative estimate of drug-likeness (QED) is 0.294. The van der Waals surface area contributed by atoms with Gasteiger partial charge in [0.1, 0.15) is 12.6 Å². The van der Waals surface area contributed by atoms with Crippen molar-refractivity contribution in [2.24, 2.45) is 0 Å². The molecule has 0 aromatic heterocycles. The molecule has 0 aliphatic carbocycles. The molecule has 0 saturated heterocycles. The van der Waals surface area contributed by atoms with Gasteiger partial charge in [0.15, 0.2) is 0 Å². The summed E-state index contributed by atoms with van der Waals surface area (Å²) < 4.78 is 27.2. The monoisotopic (exact) mass is 599 g/mol. The van der Waals surface area contributed by atoms with Gasteiger partial charge in [-0.3, -0.25) is 13.9 Å². The van der Waals surface area contributed by atoms with E-state index >= 15 is 0 Å². The first-order chi connectivity index (χ1) is 16.1. The second-order valence-electron chi connectivity index (χ2n) is 8.32. The first kappa shape index (κ1) is 28.1. The van der Waals surface area contributed by atoms with Gasteiger partial charge in [-0.1, -0.05) is 50.1 Å². The third kappa shape index (κ3) is 8.26. The molecule has 1 N–H and O–H groups in total. The molecule has 0 bridgehead atoms. The van der Waals surface area contributed by atoms with E-state index in [1.54, 1.807) is 24.3 Å². The standard InChI is InChI=1S/C25H34IN3O4S/c1-5-7-16-27-25(31)23(6-2)28(17-20-10-8-19(3)9-11-20)24(30)18-29(34(4,32)33)22-14-12-21(26)13-15-22/h8-15,23H,5-7,16-18H2,1-4H3,(H,27,31)/t23-/m0/s1. The molecule has 1 atom stereocenters. The Balaban J connectivity index is 2.37. The van der Waals surface area contributed by atoms with Crippen LogP contribution in [0.1, 0.15) is 44.2 Å². The summed E-state index contributed by atoms with van der Waals surface area (Å²) in [4.78, 5) is 28.1. The highest BCUT2D eigenvalue weighted by molar-refractivity contribution is 14.1. The number of hydrogen-bond acceptors (Lipinski definition) is 4. The minimum atomic E-state index is -3.73. The smallest absolute Gasteiger partial charge is 0.244 e. The van der Waals surface area contributed by atoms with E-state index in [1.165, 1.54) is 4.90 Å². The largest absolute Gasteiger partial charge is 0.354 e. The fraction of sp³-hybridized carbons (Fsp3) is 0.440. The van der Waals surface area contributed by atoms with E-state index in [0.29, 0.717) is 18.7 Å². The molecule has 0 radical (unpaired) electrons. The van der Waals surface area contributed by atoms with Crippen LogP contribution in [0.2, 0.25) is 0 Å². The van der Waals surface area contributed by atoms with Crippen LogP contribution in [0.3, 0.4) is 0 Å². The third-order valence-electron chi connectivity index (χ3n) is 5.48. The highest BCUT2D eigenvalue weighted by Crippen LogP contribution is 2.21. The number of amides is 2. The average molecular weight is 600 g/mol. The highest BCUT2D eigenvalue weighted by Gasteiger charge is 2.31. The first-order valence-electron chi connectivity index (χ1n) is 11.4. The summed E-state index contributed by atoms with van der Waals surface area (Å²) in [5.74, 6) is -0.654. The number of nitrogens with one attached hydrogen (secondary N) is 1. The molecule has 2 aromatic rings. The molecule has 9 heteroatoms. The van der Waals surface area contributed by atoms with Crippen LogP contribution < -0.4 is 9.62 Å². The van der Waals surface area contributed by atoms with Crippen LogP contribution in [0.5, 0.6) is 0 Å². The Bertz CT molecular complexity index is 1060. The molecule has 0 unspecified atom stereocenters. The van der Waals surface area contributed by atoms with E-state index in [2.05, 4.69) is 27.9 Å². The van der Waals surface area contributed by atoms with Crippen molar-refractivity contribution < 1.29 is 18.0 Å². The topological polar surface area (TPSA) is 86.8 Å². The predicted molar refractivity (Wildman–Crippen MR) is 145 cm³/mol. The van der Waals surface area contributed by atoms with Crippen molar-refractivity contribution in [3.63, 3.8) is 0 Å². The Labute approximate surface area is 217 Å². The zero-order valence-electron chi connectivity index (χ0n) is 20.3. The number of hydrogen-bond donors (Lipinski definition) is 1. The van der Waals surface area contributed by atoms with Crippen LogP contribution in [0.15, 0.2) is 48.5 Å². The normalized spacial score (nSPS) is 12.1.